The number of aryl methyl sites for hydroxylation is 1. The van der Waals surface area contributed by atoms with Gasteiger partial charge in [-0.3, -0.25) is 0 Å². The molecule has 2 aromatic rings. The third-order valence-electron chi connectivity index (χ3n) is 4.21. The van der Waals surface area contributed by atoms with Crippen molar-refractivity contribution in [3.8, 4) is 11.1 Å². The van der Waals surface area contributed by atoms with Crippen LogP contribution >= 0.6 is 0 Å². The lowest BCUT2D eigenvalue weighted by Gasteiger charge is -2.20. The van der Waals surface area contributed by atoms with Crippen LogP contribution in [-0.2, 0) is 6.18 Å². The van der Waals surface area contributed by atoms with Gasteiger partial charge in [-0.15, -0.1) is 0 Å². The molecule has 0 aliphatic carbocycles. The predicted octanol–water partition coefficient (Wildman–Crippen LogP) is 3.82. The van der Waals surface area contributed by atoms with Gasteiger partial charge >= 0.3 is 6.18 Å². The zero-order chi connectivity index (χ0) is 14.7. The second-order valence-corrected chi connectivity index (χ2v) is 10.2. The van der Waals surface area contributed by atoms with Crippen LogP contribution in [0.5, 0.6) is 0 Å². The summed E-state index contributed by atoms with van der Waals surface area (Å²) in [5, 5.41) is 2.38. The van der Waals surface area contributed by atoms with E-state index in [1.165, 1.54) is 22.9 Å². The van der Waals surface area contributed by atoms with Crippen molar-refractivity contribution in [3.05, 3.63) is 47.5 Å². The van der Waals surface area contributed by atoms with Crippen molar-refractivity contribution in [1.82, 2.24) is 0 Å². The van der Waals surface area contributed by atoms with Gasteiger partial charge in [0.15, 0.2) is 0 Å². The summed E-state index contributed by atoms with van der Waals surface area (Å²) in [5.41, 5.74) is 2.39. The lowest BCUT2D eigenvalue weighted by molar-refractivity contribution is -0.137. The molecular weight excluding hydrogens is 277 g/mol. The van der Waals surface area contributed by atoms with Gasteiger partial charge < -0.3 is 0 Å². The summed E-state index contributed by atoms with van der Waals surface area (Å²) in [5.74, 6) is 0. The summed E-state index contributed by atoms with van der Waals surface area (Å²) in [7, 11) is -1.88. The molecule has 4 heteroatoms. The van der Waals surface area contributed by atoms with E-state index < -0.39 is 19.8 Å². The molecule has 0 atom stereocenters. The quantitative estimate of drug-likeness (QED) is 0.648. The van der Waals surface area contributed by atoms with E-state index in [1.54, 1.807) is 6.07 Å². The fraction of sp³-hybridized carbons (Fsp3) is 0.250. The fourth-order valence-corrected chi connectivity index (χ4v) is 6.95. The molecule has 0 fully saturated rings. The lowest BCUT2D eigenvalue weighted by atomic mass is 10.0. The zero-order valence-electron chi connectivity index (χ0n) is 11.6. The van der Waals surface area contributed by atoms with Crippen LogP contribution in [0.2, 0.25) is 13.1 Å². The Labute approximate surface area is 117 Å². The second kappa shape index (κ2) is 3.98. The van der Waals surface area contributed by atoms with Gasteiger partial charge in [-0.25, -0.2) is 0 Å². The Morgan fingerprint density at radius 3 is 2.30 bits per heavy atom. The van der Waals surface area contributed by atoms with E-state index in [4.69, 9.17) is 0 Å². The molecule has 0 bridgehead atoms. The van der Waals surface area contributed by atoms with Gasteiger partial charge in [0.25, 0.3) is 0 Å². The second-order valence-electron chi connectivity index (χ2n) is 5.88. The van der Waals surface area contributed by atoms with Crippen LogP contribution in [0, 0.1) is 6.92 Å². The molecule has 0 spiro atoms. The first-order valence-corrected chi connectivity index (χ1v) is 9.55. The molecule has 0 saturated heterocycles. The Hall–Kier alpha value is -1.55. The summed E-state index contributed by atoms with van der Waals surface area (Å²) in [6, 6.07) is 10.1. The van der Waals surface area contributed by atoms with Gasteiger partial charge in [-0.05, 0) is 34.5 Å². The number of hydrogen-bond donors (Lipinski definition) is 0. The van der Waals surface area contributed by atoms with E-state index >= 15 is 0 Å². The van der Waals surface area contributed by atoms with Gasteiger partial charge in [-0.1, -0.05) is 49.0 Å². The Morgan fingerprint density at radius 2 is 1.65 bits per heavy atom. The van der Waals surface area contributed by atoms with Crippen molar-refractivity contribution in [2.24, 2.45) is 0 Å². The molecule has 104 valence electrons. The van der Waals surface area contributed by atoms with Crippen molar-refractivity contribution >= 4 is 18.4 Å². The highest BCUT2D eigenvalue weighted by Crippen LogP contribution is 2.35. The highest BCUT2D eigenvalue weighted by Gasteiger charge is 2.40. The average Bonchev–Trinajstić information content (AvgIpc) is 2.58. The molecule has 1 aliphatic rings. The normalized spacial score (nSPS) is 15.9. The monoisotopic (exact) mass is 292 g/mol. The first-order chi connectivity index (χ1) is 9.23. The van der Waals surface area contributed by atoms with Crippen LogP contribution in [0.25, 0.3) is 11.1 Å². The Kier molecular flexibility index (Phi) is 2.67. The molecule has 0 unspecified atom stereocenters. The fourth-order valence-electron chi connectivity index (χ4n) is 3.34. The Bertz CT molecular complexity index is 699. The first kappa shape index (κ1) is 13.4. The topological polar surface area (TPSA) is 0 Å². The molecule has 0 amide bonds. The third kappa shape index (κ3) is 1.74. The third-order valence-corrected chi connectivity index (χ3v) is 7.90. The van der Waals surface area contributed by atoms with Crippen molar-refractivity contribution in [3.63, 3.8) is 0 Å². The number of halogens is 3. The van der Waals surface area contributed by atoms with Gasteiger partial charge in [0, 0.05) is 0 Å². The highest BCUT2D eigenvalue weighted by atomic mass is 28.3. The van der Waals surface area contributed by atoms with Crippen LogP contribution in [0.4, 0.5) is 13.2 Å². The molecule has 0 N–H and O–H groups in total. The minimum atomic E-state index is -4.28. The number of rotatable bonds is 0. The van der Waals surface area contributed by atoms with E-state index in [0.717, 1.165) is 16.3 Å². The van der Waals surface area contributed by atoms with E-state index in [1.807, 2.05) is 25.1 Å². The van der Waals surface area contributed by atoms with Crippen LogP contribution in [-0.4, -0.2) is 8.07 Å². The number of fused-ring (bicyclic) bond motifs is 3. The summed E-state index contributed by atoms with van der Waals surface area (Å²) < 4.78 is 38.7. The summed E-state index contributed by atoms with van der Waals surface area (Å²) >= 11 is 0. The molecule has 0 radical (unpaired) electrons. The predicted molar refractivity (Wildman–Crippen MR) is 78.4 cm³/mol. The highest BCUT2D eigenvalue weighted by molar-refractivity contribution is 7.04. The number of benzene rings is 2. The van der Waals surface area contributed by atoms with Crippen molar-refractivity contribution in [2.45, 2.75) is 26.2 Å². The van der Waals surface area contributed by atoms with E-state index in [0.29, 0.717) is 0 Å². The molecule has 1 aliphatic heterocycles. The molecule has 20 heavy (non-hydrogen) atoms. The molecule has 3 rings (SSSR count). The van der Waals surface area contributed by atoms with Gasteiger partial charge in [0.05, 0.1) is 5.56 Å². The van der Waals surface area contributed by atoms with Gasteiger partial charge in [-0.2, -0.15) is 13.2 Å². The first-order valence-electron chi connectivity index (χ1n) is 6.55. The van der Waals surface area contributed by atoms with E-state index in [-0.39, 0.29) is 0 Å². The molecule has 0 saturated carbocycles. The van der Waals surface area contributed by atoms with Crippen LogP contribution in [0.15, 0.2) is 36.4 Å². The average molecular weight is 292 g/mol. The molecular formula is C16H15F3Si. The number of alkyl halides is 3. The minimum Gasteiger partial charge on any atom is -0.166 e. The van der Waals surface area contributed by atoms with Crippen molar-refractivity contribution < 1.29 is 13.2 Å². The number of hydrogen-bond acceptors (Lipinski definition) is 0. The van der Waals surface area contributed by atoms with Gasteiger partial charge in [0.2, 0.25) is 0 Å². The smallest absolute Gasteiger partial charge is 0.166 e. The Morgan fingerprint density at radius 1 is 0.950 bits per heavy atom. The maximum absolute atomic E-state index is 12.9. The lowest BCUT2D eigenvalue weighted by Crippen LogP contribution is -2.50. The van der Waals surface area contributed by atoms with Crippen molar-refractivity contribution in [2.75, 3.05) is 0 Å². The molecule has 0 nitrogen and oxygen atoms in total. The van der Waals surface area contributed by atoms with Crippen LogP contribution in [0.1, 0.15) is 11.1 Å². The maximum Gasteiger partial charge on any atom is 0.416 e. The minimum absolute atomic E-state index is 0.560. The van der Waals surface area contributed by atoms with Crippen LogP contribution < -0.4 is 10.4 Å². The molecule has 2 aromatic carbocycles. The SMILES string of the molecule is Cc1cccc2c1[Si](C)(C)c1ccc(C(F)(F)F)cc1-2. The van der Waals surface area contributed by atoms with Gasteiger partial charge in [0.1, 0.15) is 8.07 Å². The molecule has 1 heterocycles. The summed E-state index contributed by atoms with van der Waals surface area (Å²) in [6.45, 7) is 6.46. The maximum atomic E-state index is 12.9. The zero-order valence-corrected chi connectivity index (χ0v) is 12.6. The summed E-state index contributed by atoms with van der Waals surface area (Å²) in [4.78, 5) is 0. The van der Waals surface area contributed by atoms with Crippen LogP contribution in [0.3, 0.4) is 0 Å². The molecule has 0 aromatic heterocycles. The van der Waals surface area contributed by atoms with Crippen molar-refractivity contribution in [1.29, 1.82) is 0 Å². The Balaban J connectivity index is 2.32. The largest absolute Gasteiger partial charge is 0.416 e. The van der Waals surface area contributed by atoms with E-state index in [9.17, 15) is 13.2 Å². The standard InChI is InChI=1S/C16H15F3Si/c1-10-5-4-6-12-13-9-11(16(17,18)19)7-8-14(13)20(2,3)15(10)12/h4-9H,1-3H3. The summed E-state index contributed by atoms with van der Waals surface area (Å²) in [6.07, 6.45) is -4.28. The van der Waals surface area contributed by atoms with E-state index in [2.05, 4.69) is 13.1 Å².